The van der Waals surface area contributed by atoms with Crippen LogP contribution in [0.15, 0.2) is 182 Å². The summed E-state index contributed by atoms with van der Waals surface area (Å²) in [6, 6.07) is 59.5. The molecule has 0 amide bonds. The summed E-state index contributed by atoms with van der Waals surface area (Å²) in [7, 11) is 0. The maximum Gasteiger partial charge on any atom is 0.420 e. The molecule has 2 aromatic heterocycles. The summed E-state index contributed by atoms with van der Waals surface area (Å²) in [6.45, 7) is 31.3. The van der Waals surface area contributed by atoms with Crippen LogP contribution in [0.1, 0.15) is 33.4 Å². The Bertz CT molecular complexity index is 4930. The Labute approximate surface area is 477 Å². The third-order valence-corrected chi connectivity index (χ3v) is 14.8. The van der Waals surface area contributed by atoms with Gasteiger partial charge >= 0.3 is 6.18 Å². The fraction of sp³-hybridized carbons (Fsp3) is 0.0143. The van der Waals surface area contributed by atoms with Crippen LogP contribution in [-0.4, -0.2) is 9.13 Å². The lowest BCUT2D eigenvalue weighted by molar-refractivity contribution is -0.137. The molecule has 0 atom stereocenters. The van der Waals surface area contributed by atoms with Gasteiger partial charge in [-0.3, -0.25) is 0 Å². The van der Waals surface area contributed by atoms with Crippen LogP contribution in [0.3, 0.4) is 0 Å². The molecule has 0 aliphatic heterocycles. The molecule has 0 aliphatic rings. The number of nitriles is 5. The summed E-state index contributed by atoms with van der Waals surface area (Å²) < 4.78 is 56.1. The number of nitrogens with zero attached hydrogens (tertiary/aromatic N) is 11. The minimum atomic E-state index is -5.21. The monoisotopic (exact) mass is 1080 g/mol. The van der Waals surface area contributed by atoms with E-state index in [1.807, 2.05) is 0 Å². The summed E-state index contributed by atoms with van der Waals surface area (Å²) in [5.41, 5.74) is 5.17. The summed E-state index contributed by atoms with van der Waals surface area (Å²) in [6.07, 6.45) is -5.21. The largest absolute Gasteiger partial charge is 0.420 e. The Hall–Kier alpha value is -13.0. The number of aromatic nitrogens is 2. The van der Waals surface area contributed by atoms with E-state index in [-0.39, 0.29) is 84.1 Å². The standard InChI is InChI=1S/C70H30F3N11/c1-79-54-23-41(36-75)19-50(27-54)45-8-12-59-60-13-9-46(51-20-42(37-76)24-55(28-51)80-2)32-65(60)83(64(59)31-45)63-17-16-58(49-7-5-6-40(18-49)35-74)69(68(63)70(71,72)73)84-66-33-47(52-21-43(38-77)25-56(29-52)81-3)10-14-61(66)62-15-11-48(34-67(62)84)53-22-44(39-78)26-57(30-53)82-4/h5-34H. The first kappa shape index (κ1) is 51.7. The molecule has 0 fully saturated rings. The van der Waals surface area contributed by atoms with Crippen molar-refractivity contribution in [3.63, 3.8) is 0 Å². The number of benzene rings is 10. The summed E-state index contributed by atoms with van der Waals surface area (Å²) in [5.74, 6) is 0. The molecule has 0 radical (unpaired) electrons. The molecular weight excluding hydrogens is 1050 g/mol. The second-order valence-corrected chi connectivity index (χ2v) is 19.6. The smallest absolute Gasteiger partial charge is 0.309 e. The van der Waals surface area contributed by atoms with Crippen LogP contribution in [0.2, 0.25) is 0 Å². The Morgan fingerprint density at radius 1 is 0.333 bits per heavy atom. The first-order valence-corrected chi connectivity index (χ1v) is 25.4. The van der Waals surface area contributed by atoms with Gasteiger partial charge in [0.25, 0.3) is 0 Å². The lowest BCUT2D eigenvalue weighted by Crippen LogP contribution is -2.17. The lowest BCUT2D eigenvalue weighted by Gasteiger charge is -2.25. The predicted octanol–water partition coefficient (Wildman–Crippen LogP) is 18.8. The van der Waals surface area contributed by atoms with Crippen molar-refractivity contribution in [2.45, 2.75) is 6.18 Å². The van der Waals surface area contributed by atoms with E-state index < -0.39 is 11.7 Å². The van der Waals surface area contributed by atoms with Crippen LogP contribution in [-0.2, 0) is 6.18 Å². The molecule has 386 valence electrons. The van der Waals surface area contributed by atoms with Crippen LogP contribution in [0, 0.1) is 82.9 Å². The van der Waals surface area contributed by atoms with Crippen LogP contribution < -0.4 is 0 Å². The number of rotatable bonds is 7. The maximum absolute atomic E-state index is 17.7. The Morgan fingerprint density at radius 3 is 0.988 bits per heavy atom. The van der Waals surface area contributed by atoms with E-state index in [1.54, 1.807) is 146 Å². The van der Waals surface area contributed by atoms with Gasteiger partial charge in [-0.15, -0.1) is 0 Å². The topological polar surface area (TPSA) is 146 Å². The van der Waals surface area contributed by atoms with E-state index in [0.29, 0.717) is 77.1 Å². The quantitative estimate of drug-likeness (QED) is 0.146. The molecule has 84 heavy (non-hydrogen) atoms. The first-order chi connectivity index (χ1) is 40.8. The number of halogens is 3. The minimum absolute atomic E-state index is 0.0726. The van der Waals surface area contributed by atoms with Crippen molar-refractivity contribution in [3.8, 4) is 97.4 Å². The van der Waals surface area contributed by atoms with Crippen LogP contribution >= 0.6 is 0 Å². The highest BCUT2D eigenvalue weighted by Gasteiger charge is 2.41. The third-order valence-electron chi connectivity index (χ3n) is 14.8. The van der Waals surface area contributed by atoms with E-state index in [9.17, 15) is 26.3 Å². The lowest BCUT2D eigenvalue weighted by atomic mass is 9.95. The van der Waals surface area contributed by atoms with Gasteiger partial charge in [0.05, 0.1) is 95.6 Å². The summed E-state index contributed by atoms with van der Waals surface area (Å²) >= 11 is 0. The predicted molar refractivity (Wildman–Crippen MR) is 316 cm³/mol. The minimum Gasteiger partial charge on any atom is -0.309 e. The molecule has 2 heterocycles. The molecular formula is C70H30F3N11. The molecule has 14 heteroatoms. The molecule has 11 nitrogen and oxygen atoms in total. The highest BCUT2D eigenvalue weighted by molar-refractivity contribution is 6.14. The van der Waals surface area contributed by atoms with Crippen molar-refractivity contribution in [2.75, 3.05) is 0 Å². The van der Waals surface area contributed by atoms with Gasteiger partial charge in [0, 0.05) is 49.4 Å². The second kappa shape index (κ2) is 20.3. The summed E-state index contributed by atoms with van der Waals surface area (Å²) in [4.78, 5) is 14.4. The molecule has 0 N–H and O–H groups in total. The number of hydrogen-bond acceptors (Lipinski definition) is 5. The molecule has 0 saturated carbocycles. The van der Waals surface area contributed by atoms with E-state index in [4.69, 9.17) is 26.3 Å². The van der Waals surface area contributed by atoms with E-state index in [0.717, 1.165) is 0 Å². The van der Waals surface area contributed by atoms with Crippen LogP contribution in [0.5, 0.6) is 0 Å². The highest BCUT2D eigenvalue weighted by atomic mass is 19.4. The van der Waals surface area contributed by atoms with Crippen molar-refractivity contribution in [1.82, 2.24) is 9.13 Å². The second-order valence-electron chi connectivity index (χ2n) is 19.6. The van der Waals surface area contributed by atoms with Gasteiger partial charge in [-0.1, -0.05) is 66.7 Å². The first-order valence-electron chi connectivity index (χ1n) is 25.4. The van der Waals surface area contributed by atoms with Crippen molar-refractivity contribution < 1.29 is 13.2 Å². The molecule has 12 rings (SSSR count). The zero-order valence-corrected chi connectivity index (χ0v) is 43.4. The van der Waals surface area contributed by atoms with Gasteiger partial charge < -0.3 is 9.13 Å². The maximum atomic E-state index is 17.7. The Kier molecular flexibility index (Phi) is 12.5. The van der Waals surface area contributed by atoms with Gasteiger partial charge in [-0.2, -0.15) is 39.5 Å². The Balaban J connectivity index is 1.28. The Morgan fingerprint density at radius 2 is 0.667 bits per heavy atom. The molecule has 10 aromatic carbocycles. The number of fused-ring (bicyclic) bond motifs is 6. The molecule has 0 bridgehead atoms. The number of alkyl halides is 3. The van der Waals surface area contributed by atoms with Gasteiger partial charge in [0.15, 0.2) is 22.7 Å². The summed E-state index contributed by atoms with van der Waals surface area (Å²) in [5, 5.41) is 52.6. The zero-order chi connectivity index (χ0) is 58.6. The molecule has 0 unspecified atom stereocenters. The average Bonchev–Trinajstić information content (AvgIpc) is 1.77. The van der Waals surface area contributed by atoms with Gasteiger partial charge in [-0.25, -0.2) is 19.4 Å². The SMILES string of the molecule is [C-]#[N+]c1cc(C#N)cc(-c2ccc3c4ccc(-c5cc(C#N)cc([N+]#[C-])c5)cc4n(-c4ccc(-c5cccc(C#N)c5)c(-n5c6cc(-c7cc(C#N)cc([N+]#[C-])c7)ccc6c6ccc(-c7cc(C#N)cc([N+]#[C-])c7)cc65)c4C(F)(F)F)c3c2)c1. The zero-order valence-electron chi connectivity index (χ0n) is 43.4. The number of hydrogen-bond donors (Lipinski definition) is 0. The average molecular weight is 1080 g/mol. The molecule has 12 aromatic rings. The highest BCUT2D eigenvalue weighted by Crippen LogP contribution is 2.50. The normalized spacial score (nSPS) is 10.9. The van der Waals surface area contributed by atoms with E-state index in [2.05, 4.69) is 49.7 Å². The molecule has 0 saturated heterocycles. The van der Waals surface area contributed by atoms with Crippen molar-refractivity contribution >= 4 is 66.4 Å². The van der Waals surface area contributed by atoms with Crippen molar-refractivity contribution in [3.05, 3.63) is 261 Å². The van der Waals surface area contributed by atoms with Crippen LogP contribution in [0.25, 0.3) is 130 Å². The van der Waals surface area contributed by atoms with E-state index >= 15 is 13.2 Å². The molecule has 0 spiro atoms. The fourth-order valence-electron chi connectivity index (χ4n) is 11.2. The van der Waals surface area contributed by atoms with Gasteiger partial charge in [0.1, 0.15) is 5.56 Å². The molecule has 0 aliphatic carbocycles. The van der Waals surface area contributed by atoms with Gasteiger partial charge in [0.2, 0.25) is 0 Å². The third kappa shape index (κ3) is 8.84. The van der Waals surface area contributed by atoms with Crippen molar-refractivity contribution in [1.29, 1.82) is 26.3 Å². The van der Waals surface area contributed by atoms with Crippen molar-refractivity contribution in [2.24, 2.45) is 0 Å². The fourth-order valence-corrected chi connectivity index (χ4v) is 11.2. The van der Waals surface area contributed by atoms with Gasteiger partial charge in [-0.05, 0) is 165 Å². The van der Waals surface area contributed by atoms with Crippen LogP contribution in [0.4, 0.5) is 35.9 Å². The van der Waals surface area contributed by atoms with E-state index in [1.165, 1.54) is 45.5 Å².